The molecule has 0 aromatic carbocycles. The Bertz CT molecular complexity index is 376. The Morgan fingerprint density at radius 3 is 2.53 bits per heavy atom. The van der Waals surface area contributed by atoms with Crippen molar-refractivity contribution in [1.82, 2.24) is 15.0 Å². The van der Waals surface area contributed by atoms with E-state index in [0.717, 1.165) is 24.5 Å². The normalized spacial score (nSPS) is 10.3. The van der Waals surface area contributed by atoms with E-state index >= 15 is 0 Å². The van der Waals surface area contributed by atoms with Gasteiger partial charge in [0.15, 0.2) is 0 Å². The lowest BCUT2D eigenvalue weighted by Crippen LogP contribution is -2.17. The molecule has 19 heavy (non-hydrogen) atoms. The van der Waals surface area contributed by atoms with Gasteiger partial charge in [-0.1, -0.05) is 0 Å². The summed E-state index contributed by atoms with van der Waals surface area (Å²) in [4.78, 5) is 14.6. The Morgan fingerprint density at radius 1 is 1.16 bits per heavy atom. The van der Waals surface area contributed by atoms with Crippen molar-refractivity contribution >= 4 is 29.6 Å². The predicted octanol–water partition coefficient (Wildman–Crippen LogP) is 0.507. The molecule has 0 radical (unpaired) electrons. The van der Waals surface area contributed by atoms with E-state index in [4.69, 9.17) is 5.11 Å². The number of thioether (sulfide) groups is 1. The average molecular weight is 286 g/mol. The molecule has 0 amide bonds. The molecule has 0 aliphatic carbocycles. The third kappa shape index (κ3) is 5.93. The quantitative estimate of drug-likeness (QED) is 0.566. The van der Waals surface area contributed by atoms with Crippen LogP contribution in [0.15, 0.2) is 0 Å². The predicted molar refractivity (Wildman–Crippen MR) is 81.2 cm³/mol. The van der Waals surface area contributed by atoms with Crippen LogP contribution in [0.1, 0.15) is 6.42 Å². The van der Waals surface area contributed by atoms with Gasteiger partial charge in [0.05, 0.1) is 0 Å². The highest BCUT2D eigenvalue weighted by Crippen LogP contribution is 2.11. The topological polar surface area (TPSA) is 86.2 Å². The van der Waals surface area contributed by atoms with Gasteiger partial charge in [-0.3, -0.25) is 0 Å². The molecule has 8 heteroatoms. The van der Waals surface area contributed by atoms with E-state index in [0.29, 0.717) is 17.8 Å². The second kappa shape index (κ2) is 8.76. The third-order valence-corrected chi connectivity index (χ3v) is 3.29. The maximum Gasteiger partial charge on any atom is 0.231 e. The van der Waals surface area contributed by atoms with E-state index in [2.05, 4.69) is 25.6 Å². The van der Waals surface area contributed by atoms with Gasteiger partial charge in [-0.05, 0) is 12.2 Å². The zero-order chi connectivity index (χ0) is 14.1. The number of aliphatic hydroxyl groups is 1. The molecule has 7 nitrogen and oxygen atoms in total. The molecule has 1 aromatic rings. The van der Waals surface area contributed by atoms with Gasteiger partial charge in [-0.25, -0.2) is 0 Å². The minimum Gasteiger partial charge on any atom is -0.396 e. The molecule has 0 aliphatic heterocycles. The van der Waals surface area contributed by atoms with Crippen molar-refractivity contribution in [3.05, 3.63) is 0 Å². The lowest BCUT2D eigenvalue weighted by Gasteiger charge is -2.13. The van der Waals surface area contributed by atoms with Crippen LogP contribution in [0.3, 0.4) is 0 Å². The van der Waals surface area contributed by atoms with Crippen LogP contribution in [0.2, 0.25) is 0 Å². The fraction of sp³-hybridized carbons (Fsp3) is 0.727. The highest BCUT2D eigenvalue weighted by Gasteiger charge is 2.06. The smallest absolute Gasteiger partial charge is 0.231 e. The second-order valence-corrected chi connectivity index (χ2v) is 5.27. The maximum atomic E-state index is 8.67. The third-order valence-electron chi connectivity index (χ3n) is 2.22. The Hall–Kier alpha value is -1.28. The minimum atomic E-state index is 0.256. The maximum absolute atomic E-state index is 8.67. The molecule has 0 saturated heterocycles. The first-order chi connectivity index (χ1) is 9.17. The highest BCUT2D eigenvalue weighted by molar-refractivity contribution is 7.99. The summed E-state index contributed by atoms with van der Waals surface area (Å²) < 4.78 is 0. The van der Waals surface area contributed by atoms with Gasteiger partial charge >= 0.3 is 0 Å². The van der Waals surface area contributed by atoms with Gasteiger partial charge < -0.3 is 20.6 Å². The van der Waals surface area contributed by atoms with Gasteiger partial charge in [0.25, 0.3) is 0 Å². The zero-order valence-electron chi connectivity index (χ0n) is 11.7. The van der Waals surface area contributed by atoms with Gasteiger partial charge in [0, 0.05) is 40.0 Å². The standard InChI is InChI=1S/C11H22N6OS/c1-12-9-14-10(16-11(15-9)17(2)3)13-5-8-19-7-4-6-18/h18H,4-8H2,1-3H3,(H2,12,13,14,15,16). The summed E-state index contributed by atoms with van der Waals surface area (Å²) in [5.74, 6) is 3.67. The van der Waals surface area contributed by atoms with E-state index in [1.807, 2.05) is 19.0 Å². The van der Waals surface area contributed by atoms with Crippen LogP contribution in [0.25, 0.3) is 0 Å². The average Bonchev–Trinajstić information content (AvgIpc) is 2.42. The largest absolute Gasteiger partial charge is 0.396 e. The van der Waals surface area contributed by atoms with Gasteiger partial charge in [-0.15, -0.1) is 0 Å². The number of anilines is 3. The molecule has 0 atom stereocenters. The highest BCUT2D eigenvalue weighted by atomic mass is 32.2. The summed E-state index contributed by atoms with van der Waals surface area (Å²) in [6.45, 7) is 1.04. The fourth-order valence-electron chi connectivity index (χ4n) is 1.26. The SMILES string of the molecule is CNc1nc(NCCSCCCO)nc(N(C)C)n1. The summed E-state index contributed by atoms with van der Waals surface area (Å²) in [5, 5.41) is 14.8. The number of nitrogens with one attached hydrogen (secondary N) is 2. The summed E-state index contributed by atoms with van der Waals surface area (Å²) >= 11 is 1.80. The Balaban J connectivity index is 2.46. The van der Waals surface area contributed by atoms with Crippen molar-refractivity contribution in [2.24, 2.45) is 0 Å². The molecule has 1 heterocycles. The van der Waals surface area contributed by atoms with Crippen molar-refractivity contribution in [2.75, 3.05) is 61.3 Å². The van der Waals surface area contributed by atoms with Crippen molar-refractivity contribution < 1.29 is 5.11 Å². The molecule has 0 unspecified atom stereocenters. The minimum absolute atomic E-state index is 0.256. The van der Waals surface area contributed by atoms with Crippen LogP contribution < -0.4 is 15.5 Å². The fourth-order valence-corrected chi connectivity index (χ4v) is 2.04. The molecule has 0 bridgehead atoms. The first-order valence-electron chi connectivity index (χ1n) is 6.21. The molecular formula is C11H22N6OS. The Kier molecular flexibility index (Phi) is 7.27. The van der Waals surface area contributed by atoms with Crippen molar-refractivity contribution in [1.29, 1.82) is 0 Å². The van der Waals surface area contributed by atoms with Crippen LogP contribution in [0.4, 0.5) is 17.8 Å². The van der Waals surface area contributed by atoms with E-state index in [1.165, 1.54) is 0 Å². The Morgan fingerprint density at radius 2 is 1.89 bits per heavy atom. The van der Waals surface area contributed by atoms with Gasteiger partial charge in [-0.2, -0.15) is 26.7 Å². The number of aromatic nitrogens is 3. The van der Waals surface area contributed by atoms with Crippen molar-refractivity contribution in [3.8, 4) is 0 Å². The Labute approximate surface area is 118 Å². The van der Waals surface area contributed by atoms with E-state index < -0.39 is 0 Å². The lowest BCUT2D eigenvalue weighted by atomic mass is 10.5. The van der Waals surface area contributed by atoms with E-state index in [9.17, 15) is 0 Å². The number of hydrogen-bond donors (Lipinski definition) is 3. The summed E-state index contributed by atoms with van der Waals surface area (Å²) in [5.41, 5.74) is 0. The van der Waals surface area contributed by atoms with Crippen LogP contribution in [-0.2, 0) is 0 Å². The first kappa shape index (κ1) is 15.8. The summed E-state index contributed by atoms with van der Waals surface area (Å²) in [6, 6.07) is 0. The van der Waals surface area contributed by atoms with Crippen LogP contribution in [-0.4, -0.2) is 65.9 Å². The first-order valence-corrected chi connectivity index (χ1v) is 7.36. The molecule has 1 aromatic heterocycles. The zero-order valence-corrected chi connectivity index (χ0v) is 12.5. The van der Waals surface area contributed by atoms with Crippen LogP contribution >= 0.6 is 11.8 Å². The van der Waals surface area contributed by atoms with E-state index in [-0.39, 0.29) is 6.61 Å². The van der Waals surface area contributed by atoms with Gasteiger partial charge in [0.1, 0.15) is 0 Å². The molecule has 0 fully saturated rings. The lowest BCUT2D eigenvalue weighted by molar-refractivity contribution is 0.296. The summed E-state index contributed by atoms with van der Waals surface area (Å²) in [6.07, 6.45) is 0.838. The van der Waals surface area contributed by atoms with Gasteiger partial charge in [0.2, 0.25) is 17.8 Å². The molecule has 0 saturated carbocycles. The molecule has 108 valence electrons. The van der Waals surface area contributed by atoms with Crippen molar-refractivity contribution in [2.45, 2.75) is 6.42 Å². The molecule has 0 spiro atoms. The van der Waals surface area contributed by atoms with Crippen LogP contribution in [0, 0.1) is 0 Å². The van der Waals surface area contributed by atoms with E-state index in [1.54, 1.807) is 18.8 Å². The van der Waals surface area contributed by atoms with Crippen molar-refractivity contribution in [3.63, 3.8) is 0 Å². The number of nitrogens with zero attached hydrogens (tertiary/aromatic N) is 4. The molecule has 3 N–H and O–H groups in total. The summed E-state index contributed by atoms with van der Waals surface area (Å²) in [7, 11) is 5.57. The number of rotatable bonds is 9. The molecular weight excluding hydrogens is 264 g/mol. The second-order valence-electron chi connectivity index (χ2n) is 4.04. The van der Waals surface area contributed by atoms with Crippen LogP contribution in [0.5, 0.6) is 0 Å². The molecule has 0 aliphatic rings. The number of hydrogen-bond acceptors (Lipinski definition) is 8. The monoisotopic (exact) mass is 286 g/mol. The molecule has 1 rings (SSSR count). The number of aliphatic hydroxyl groups excluding tert-OH is 1.